The summed E-state index contributed by atoms with van der Waals surface area (Å²) in [6.45, 7) is 2.29. The van der Waals surface area contributed by atoms with Gasteiger partial charge in [-0.2, -0.15) is 0 Å². The van der Waals surface area contributed by atoms with E-state index in [1.165, 1.54) is 0 Å². The van der Waals surface area contributed by atoms with E-state index in [2.05, 4.69) is 14.8 Å². The normalized spacial score (nSPS) is 12.3. The van der Waals surface area contributed by atoms with Crippen molar-refractivity contribution in [3.63, 3.8) is 0 Å². The predicted molar refractivity (Wildman–Crippen MR) is 94.8 cm³/mol. The first-order valence-electron chi connectivity index (χ1n) is 7.82. The summed E-state index contributed by atoms with van der Waals surface area (Å²) in [4.78, 5) is 14.3. The number of halogens is 1. The number of carbonyl (C=O) groups excluding carboxylic acids is 1. The third-order valence-corrected chi connectivity index (χ3v) is 4.00. The van der Waals surface area contributed by atoms with Crippen LogP contribution in [0.5, 0.6) is 0 Å². The first-order valence-corrected chi connectivity index (χ1v) is 8.20. The molecule has 0 aliphatic rings. The van der Waals surface area contributed by atoms with Gasteiger partial charge in [0, 0.05) is 49.4 Å². The van der Waals surface area contributed by atoms with Gasteiger partial charge in [0.2, 0.25) is 5.91 Å². The number of carbonyl (C=O) groups is 1. The largest absolute Gasteiger partial charge is 0.355 e. The van der Waals surface area contributed by atoms with Crippen LogP contribution in [0.25, 0.3) is 0 Å². The Labute approximate surface area is 143 Å². The summed E-state index contributed by atoms with van der Waals surface area (Å²) in [5.74, 6) is 0.206. The summed E-state index contributed by atoms with van der Waals surface area (Å²) >= 11 is 5.97. The van der Waals surface area contributed by atoms with Crippen LogP contribution < -0.4 is 5.32 Å². The highest BCUT2D eigenvalue weighted by Gasteiger charge is 2.16. The molecule has 0 radical (unpaired) electrons. The van der Waals surface area contributed by atoms with Crippen LogP contribution in [-0.4, -0.2) is 42.6 Å². The maximum Gasteiger partial charge on any atom is 0.220 e. The molecule has 0 spiro atoms. The number of nitrogens with one attached hydrogen (secondary N) is 1. The van der Waals surface area contributed by atoms with Gasteiger partial charge in [-0.1, -0.05) is 23.7 Å². The van der Waals surface area contributed by atoms with Crippen molar-refractivity contribution in [2.75, 3.05) is 27.2 Å². The number of nitrogens with zero attached hydrogens (tertiary/aromatic N) is 2. The van der Waals surface area contributed by atoms with Crippen molar-refractivity contribution in [2.24, 2.45) is 0 Å². The average molecular weight is 334 g/mol. The Kier molecular flexibility index (Phi) is 6.68. The zero-order chi connectivity index (χ0) is 16.7. The Hall–Kier alpha value is -1.78. The SMILES string of the molecule is CN(C)CCNC(=O)CC(Cn1cccc1)c1ccc(Cl)cc1. The van der Waals surface area contributed by atoms with Gasteiger partial charge < -0.3 is 14.8 Å². The van der Waals surface area contributed by atoms with Gasteiger partial charge in [-0.25, -0.2) is 0 Å². The van der Waals surface area contributed by atoms with Gasteiger partial charge in [-0.15, -0.1) is 0 Å². The molecule has 1 N–H and O–H groups in total. The molecule has 1 unspecified atom stereocenters. The topological polar surface area (TPSA) is 37.3 Å². The fourth-order valence-corrected chi connectivity index (χ4v) is 2.61. The van der Waals surface area contributed by atoms with Crippen LogP contribution in [-0.2, 0) is 11.3 Å². The highest BCUT2D eigenvalue weighted by molar-refractivity contribution is 6.30. The number of benzene rings is 1. The monoisotopic (exact) mass is 333 g/mol. The number of amides is 1. The van der Waals surface area contributed by atoms with Crippen LogP contribution in [0.2, 0.25) is 5.02 Å². The Morgan fingerprint density at radius 2 is 1.87 bits per heavy atom. The van der Waals surface area contributed by atoms with E-state index in [-0.39, 0.29) is 11.8 Å². The molecule has 2 aromatic rings. The minimum atomic E-state index is 0.0824. The fourth-order valence-electron chi connectivity index (χ4n) is 2.48. The highest BCUT2D eigenvalue weighted by atomic mass is 35.5. The van der Waals surface area contributed by atoms with Crippen molar-refractivity contribution in [2.45, 2.75) is 18.9 Å². The predicted octanol–water partition coefficient (Wildman–Crippen LogP) is 2.99. The number of rotatable bonds is 8. The Balaban J connectivity index is 2.01. The van der Waals surface area contributed by atoms with Crippen LogP contribution in [0, 0.1) is 0 Å². The molecule has 1 aromatic heterocycles. The molecule has 1 aromatic carbocycles. The van der Waals surface area contributed by atoms with Crippen LogP contribution in [0.3, 0.4) is 0 Å². The molecular formula is C18H24ClN3O. The zero-order valence-electron chi connectivity index (χ0n) is 13.7. The maximum absolute atomic E-state index is 12.2. The van der Waals surface area contributed by atoms with E-state index >= 15 is 0 Å². The van der Waals surface area contributed by atoms with E-state index < -0.39 is 0 Å². The molecule has 0 fully saturated rings. The van der Waals surface area contributed by atoms with Gasteiger partial charge in [0.05, 0.1) is 0 Å². The molecule has 1 amide bonds. The van der Waals surface area contributed by atoms with E-state index in [9.17, 15) is 4.79 Å². The van der Waals surface area contributed by atoms with Crippen molar-refractivity contribution < 1.29 is 4.79 Å². The van der Waals surface area contributed by atoms with E-state index in [1.54, 1.807) is 0 Å². The first-order chi connectivity index (χ1) is 11.0. The number of hydrogen-bond acceptors (Lipinski definition) is 2. The van der Waals surface area contributed by atoms with Crippen LogP contribution in [0.4, 0.5) is 0 Å². The molecule has 124 valence electrons. The quantitative estimate of drug-likeness (QED) is 0.806. The highest BCUT2D eigenvalue weighted by Crippen LogP contribution is 2.23. The second kappa shape index (κ2) is 8.75. The molecule has 5 heteroatoms. The molecule has 1 atom stereocenters. The third-order valence-electron chi connectivity index (χ3n) is 3.75. The first kappa shape index (κ1) is 17.6. The smallest absolute Gasteiger partial charge is 0.220 e. The van der Waals surface area contributed by atoms with Crippen molar-refractivity contribution in [1.82, 2.24) is 14.8 Å². The van der Waals surface area contributed by atoms with Gasteiger partial charge in [-0.05, 0) is 43.9 Å². The van der Waals surface area contributed by atoms with Crippen LogP contribution in [0.1, 0.15) is 17.9 Å². The Bertz CT molecular complexity index is 593. The second-order valence-electron chi connectivity index (χ2n) is 5.99. The second-order valence-corrected chi connectivity index (χ2v) is 6.42. The van der Waals surface area contributed by atoms with Crippen LogP contribution >= 0.6 is 11.6 Å². The van der Waals surface area contributed by atoms with Gasteiger partial charge in [-0.3, -0.25) is 4.79 Å². The Morgan fingerprint density at radius 3 is 2.48 bits per heavy atom. The number of hydrogen-bond donors (Lipinski definition) is 1. The third kappa shape index (κ3) is 6.08. The molecule has 0 saturated carbocycles. The summed E-state index contributed by atoms with van der Waals surface area (Å²) in [6, 6.07) is 11.8. The fraction of sp³-hybridized carbons (Fsp3) is 0.389. The molecule has 1 heterocycles. The lowest BCUT2D eigenvalue weighted by molar-refractivity contribution is -0.121. The summed E-state index contributed by atoms with van der Waals surface area (Å²) in [6.07, 6.45) is 4.51. The van der Waals surface area contributed by atoms with Crippen molar-refractivity contribution in [3.8, 4) is 0 Å². The summed E-state index contributed by atoms with van der Waals surface area (Å²) in [5.41, 5.74) is 1.13. The zero-order valence-corrected chi connectivity index (χ0v) is 14.5. The summed E-state index contributed by atoms with van der Waals surface area (Å²) < 4.78 is 2.10. The van der Waals surface area contributed by atoms with E-state index in [4.69, 9.17) is 11.6 Å². The van der Waals surface area contributed by atoms with Crippen molar-refractivity contribution >= 4 is 17.5 Å². The summed E-state index contributed by atoms with van der Waals surface area (Å²) in [7, 11) is 3.99. The molecule has 0 aliphatic heterocycles. The van der Waals surface area contributed by atoms with Crippen molar-refractivity contribution in [3.05, 3.63) is 59.4 Å². The van der Waals surface area contributed by atoms with Gasteiger partial charge >= 0.3 is 0 Å². The van der Waals surface area contributed by atoms with E-state index in [0.717, 1.165) is 18.7 Å². The van der Waals surface area contributed by atoms with E-state index in [0.29, 0.717) is 18.0 Å². The Morgan fingerprint density at radius 1 is 1.22 bits per heavy atom. The lowest BCUT2D eigenvalue weighted by Gasteiger charge is -2.19. The van der Waals surface area contributed by atoms with Gasteiger partial charge in [0.25, 0.3) is 0 Å². The van der Waals surface area contributed by atoms with Crippen LogP contribution in [0.15, 0.2) is 48.8 Å². The molecule has 0 aliphatic carbocycles. The minimum absolute atomic E-state index is 0.0824. The molecule has 2 rings (SSSR count). The lowest BCUT2D eigenvalue weighted by Crippen LogP contribution is -2.32. The van der Waals surface area contributed by atoms with Gasteiger partial charge in [0.1, 0.15) is 0 Å². The van der Waals surface area contributed by atoms with Crippen molar-refractivity contribution in [1.29, 1.82) is 0 Å². The molecule has 0 bridgehead atoms. The lowest BCUT2D eigenvalue weighted by atomic mass is 9.95. The number of likely N-dealkylation sites (N-methyl/N-ethyl adjacent to an activating group) is 1. The minimum Gasteiger partial charge on any atom is -0.355 e. The molecule has 23 heavy (non-hydrogen) atoms. The average Bonchev–Trinajstić information content (AvgIpc) is 3.00. The standard InChI is InChI=1S/C18H24ClN3O/c1-21(2)12-9-20-18(23)13-16(14-22-10-3-4-11-22)15-5-7-17(19)8-6-15/h3-8,10-11,16H,9,12-14H2,1-2H3,(H,20,23). The molecule has 4 nitrogen and oxygen atoms in total. The number of aromatic nitrogens is 1. The summed E-state index contributed by atoms with van der Waals surface area (Å²) in [5, 5.41) is 3.70. The van der Waals surface area contributed by atoms with E-state index in [1.807, 2.05) is 62.9 Å². The maximum atomic E-state index is 12.2. The molecular weight excluding hydrogens is 310 g/mol. The molecule has 0 saturated heterocycles. The van der Waals surface area contributed by atoms with Gasteiger partial charge in [0.15, 0.2) is 0 Å².